The molecule has 1 heterocycles. The highest BCUT2D eigenvalue weighted by Crippen LogP contribution is 2.39. The molecular weight excluding hydrogens is 258 g/mol. The fourth-order valence-electron chi connectivity index (χ4n) is 2.21. The second kappa shape index (κ2) is 5.12. The molecule has 1 aromatic rings. The van der Waals surface area contributed by atoms with Gasteiger partial charge >= 0.3 is 0 Å². The molecule has 6 nitrogen and oxygen atoms in total. The predicted octanol–water partition coefficient (Wildman–Crippen LogP) is 0.772. The first-order valence-electron chi connectivity index (χ1n) is 6.28. The molecule has 2 atom stereocenters. The van der Waals surface area contributed by atoms with Gasteiger partial charge in [-0.3, -0.25) is 10.2 Å². The Balaban J connectivity index is 2.42. The number of aliphatic hydroxyl groups is 1. The van der Waals surface area contributed by atoms with E-state index in [1.54, 1.807) is 32.0 Å². The molecule has 1 aliphatic rings. The van der Waals surface area contributed by atoms with Gasteiger partial charge in [0.2, 0.25) is 5.91 Å². The molecule has 0 radical (unpaired) electrons. The number of nitrogens with one attached hydrogen (secondary N) is 2. The third-order valence-corrected chi connectivity index (χ3v) is 3.28. The first kappa shape index (κ1) is 14.3. The van der Waals surface area contributed by atoms with E-state index in [0.29, 0.717) is 16.9 Å². The maximum Gasteiger partial charge on any atom is 0.230 e. The molecule has 0 saturated heterocycles. The summed E-state index contributed by atoms with van der Waals surface area (Å²) in [6.45, 7) is 4.90. The summed E-state index contributed by atoms with van der Waals surface area (Å²) in [6, 6.07) is 6.50. The van der Waals surface area contributed by atoms with Gasteiger partial charge < -0.3 is 9.84 Å². The number of carbonyl (C=O) groups excluding carboxylic acids is 1. The Labute approximate surface area is 117 Å². The normalized spacial score (nSPS) is 23.1. The molecular formula is C14H17N3O3. The number of hydrogen-bond acceptors (Lipinski definition) is 5. The van der Waals surface area contributed by atoms with Crippen molar-refractivity contribution in [2.24, 2.45) is 0 Å². The molecule has 0 bridgehead atoms. The lowest BCUT2D eigenvalue weighted by atomic mass is 9.86. The number of aliphatic hydroxyl groups excluding tert-OH is 1. The van der Waals surface area contributed by atoms with Crippen LogP contribution in [0.2, 0.25) is 0 Å². The van der Waals surface area contributed by atoms with E-state index in [1.165, 1.54) is 6.92 Å². The van der Waals surface area contributed by atoms with Gasteiger partial charge in [-0.15, -0.1) is 0 Å². The minimum Gasteiger partial charge on any atom is -0.485 e. The monoisotopic (exact) mass is 275 g/mol. The summed E-state index contributed by atoms with van der Waals surface area (Å²) in [6.07, 6.45) is -0.879. The molecule has 0 unspecified atom stereocenters. The van der Waals surface area contributed by atoms with Crippen LogP contribution in [0, 0.1) is 11.3 Å². The first-order chi connectivity index (χ1) is 9.35. The summed E-state index contributed by atoms with van der Waals surface area (Å²) in [5.41, 5.74) is 5.57. The van der Waals surface area contributed by atoms with E-state index in [2.05, 4.69) is 10.9 Å². The summed E-state index contributed by atoms with van der Waals surface area (Å²) in [4.78, 5) is 11.1. The number of ether oxygens (including phenoxy) is 1. The number of rotatable bonds is 2. The van der Waals surface area contributed by atoms with E-state index < -0.39 is 17.7 Å². The lowest BCUT2D eigenvalue weighted by molar-refractivity contribution is -0.121. The lowest BCUT2D eigenvalue weighted by Crippen LogP contribution is -2.55. The highest BCUT2D eigenvalue weighted by atomic mass is 16.5. The molecule has 3 N–H and O–H groups in total. The van der Waals surface area contributed by atoms with Crippen LogP contribution in [0.4, 0.5) is 0 Å². The Morgan fingerprint density at radius 2 is 2.20 bits per heavy atom. The van der Waals surface area contributed by atoms with Crippen molar-refractivity contribution in [2.45, 2.75) is 38.5 Å². The summed E-state index contributed by atoms with van der Waals surface area (Å²) in [7, 11) is 0. The molecule has 20 heavy (non-hydrogen) atoms. The Morgan fingerprint density at radius 1 is 1.50 bits per heavy atom. The highest BCUT2D eigenvalue weighted by Gasteiger charge is 2.43. The summed E-state index contributed by atoms with van der Waals surface area (Å²) < 4.78 is 5.76. The van der Waals surface area contributed by atoms with E-state index >= 15 is 0 Å². The average Bonchev–Trinajstić information content (AvgIpc) is 2.38. The van der Waals surface area contributed by atoms with Crippen LogP contribution in [0.3, 0.4) is 0 Å². The van der Waals surface area contributed by atoms with Gasteiger partial charge in [-0.2, -0.15) is 5.26 Å². The van der Waals surface area contributed by atoms with Crippen molar-refractivity contribution in [1.29, 1.82) is 5.26 Å². The molecule has 6 heteroatoms. The molecule has 0 fully saturated rings. The quantitative estimate of drug-likeness (QED) is 0.693. The van der Waals surface area contributed by atoms with Crippen molar-refractivity contribution in [3.63, 3.8) is 0 Å². The maximum atomic E-state index is 11.1. The van der Waals surface area contributed by atoms with Gasteiger partial charge in [0, 0.05) is 12.5 Å². The van der Waals surface area contributed by atoms with Crippen LogP contribution in [0.5, 0.6) is 5.75 Å². The molecule has 0 saturated carbocycles. The van der Waals surface area contributed by atoms with E-state index in [0.717, 1.165) is 0 Å². The third-order valence-electron chi connectivity index (χ3n) is 3.28. The maximum absolute atomic E-state index is 11.1. The number of nitriles is 1. The van der Waals surface area contributed by atoms with E-state index in [9.17, 15) is 9.90 Å². The molecule has 0 aromatic heterocycles. The van der Waals surface area contributed by atoms with Gasteiger partial charge in [0.05, 0.1) is 17.7 Å². The van der Waals surface area contributed by atoms with Gasteiger partial charge in [0.1, 0.15) is 17.5 Å². The van der Waals surface area contributed by atoms with Crippen LogP contribution in [-0.4, -0.2) is 22.7 Å². The van der Waals surface area contributed by atoms with Crippen LogP contribution < -0.4 is 15.6 Å². The second-order valence-electron chi connectivity index (χ2n) is 5.32. The summed E-state index contributed by atoms with van der Waals surface area (Å²) >= 11 is 0. The lowest BCUT2D eigenvalue weighted by Gasteiger charge is -2.42. The SMILES string of the molecule is CC(=O)NN[C@H]1c2cc(C#N)ccc2OC(C)(C)[C@@H]1O. The van der Waals surface area contributed by atoms with Crippen molar-refractivity contribution >= 4 is 5.91 Å². The van der Waals surface area contributed by atoms with E-state index in [-0.39, 0.29) is 5.91 Å². The van der Waals surface area contributed by atoms with Gasteiger partial charge in [-0.25, -0.2) is 5.43 Å². The van der Waals surface area contributed by atoms with Gasteiger partial charge in [0.15, 0.2) is 0 Å². The number of carbonyl (C=O) groups is 1. The zero-order valence-corrected chi connectivity index (χ0v) is 11.6. The van der Waals surface area contributed by atoms with Crippen LogP contribution in [0.15, 0.2) is 18.2 Å². The fraction of sp³-hybridized carbons (Fsp3) is 0.429. The van der Waals surface area contributed by atoms with Crippen LogP contribution >= 0.6 is 0 Å². The van der Waals surface area contributed by atoms with Crippen molar-refractivity contribution in [2.75, 3.05) is 0 Å². The number of amides is 1. The Bertz CT molecular complexity index is 578. The van der Waals surface area contributed by atoms with Crippen molar-refractivity contribution in [3.8, 4) is 11.8 Å². The fourth-order valence-corrected chi connectivity index (χ4v) is 2.21. The molecule has 106 valence electrons. The van der Waals surface area contributed by atoms with Crippen molar-refractivity contribution < 1.29 is 14.6 Å². The summed E-state index contributed by atoms with van der Waals surface area (Å²) in [5, 5.41) is 19.4. The van der Waals surface area contributed by atoms with Crippen LogP contribution in [0.25, 0.3) is 0 Å². The van der Waals surface area contributed by atoms with Crippen molar-refractivity contribution in [1.82, 2.24) is 10.9 Å². The van der Waals surface area contributed by atoms with E-state index in [4.69, 9.17) is 10.00 Å². The number of benzene rings is 1. The van der Waals surface area contributed by atoms with Gasteiger partial charge in [-0.05, 0) is 32.0 Å². The van der Waals surface area contributed by atoms with Crippen molar-refractivity contribution in [3.05, 3.63) is 29.3 Å². The van der Waals surface area contributed by atoms with Crippen LogP contribution in [-0.2, 0) is 4.79 Å². The Hall–Kier alpha value is -2.10. The first-order valence-corrected chi connectivity index (χ1v) is 6.28. The minimum atomic E-state index is -0.879. The average molecular weight is 275 g/mol. The molecule has 2 rings (SSSR count). The Morgan fingerprint density at radius 3 is 2.80 bits per heavy atom. The Kier molecular flexibility index (Phi) is 3.66. The molecule has 1 aliphatic heterocycles. The van der Waals surface area contributed by atoms with Gasteiger partial charge in [0.25, 0.3) is 0 Å². The smallest absolute Gasteiger partial charge is 0.230 e. The minimum absolute atomic E-state index is 0.264. The van der Waals surface area contributed by atoms with Crippen LogP contribution in [0.1, 0.15) is 37.9 Å². The molecule has 1 aromatic carbocycles. The standard InChI is InChI=1S/C14H17N3O3/c1-8(18)16-17-12-10-6-9(7-15)4-5-11(10)20-14(2,3)13(12)19/h4-6,12-13,17,19H,1-3H3,(H,16,18)/t12-,13+/m0/s1. The number of hydrogen-bond donors (Lipinski definition) is 3. The molecule has 0 spiro atoms. The summed E-state index contributed by atoms with van der Waals surface area (Å²) in [5.74, 6) is 0.321. The molecule has 0 aliphatic carbocycles. The topological polar surface area (TPSA) is 94.4 Å². The van der Waals surface area contributed by atoms with Gasteiger partial charge in [-0.1, -0.05) is 0 Å². The number of hydrazine groups is 1. The third kappa shape index (κ3) is 2.59. The molecule has 1 amide bonds. The zero-order valence-electron chi connectivity index (χ0n) is 11.6. The zero-order chi connectivity index (χ0) is 14.9. The van der Waals surface area contributed by atoms with E-state index in [1.807, 2.05) is 6.07 Å². The second-order valence-corrected chi connectivity index (χ2v) is 5.32. The largest absolute Gasteiger partial charge is 0.485 e. The highest BCUT2D eigenvalue weighted by molar-refractivity contribution is 5.72. The predicted molar refractivity (Wildman–Crippen MR) is 71.6 cm³/mol. The number of nitrogens with zero attached hydrogens (tertiary/aromatic N) is 1. The number of fused-ring (bicyclic) bond motifs is 1.